The summed E-state index contributed by atoms with van der Waals surface area (Å²) < 4.78 is 10.3. The Morgan fingerprint density at radius 2 is 1.88 bits per heavy atom. The van der Waals surface area contributed by atoms with Gasteiger partial charge in [0, 0.05) is 16.8 Å². The number of anilines is 1. The fourth-order valence-electron chi connectivity index (χ4n) is 2.14. The van der Waals surface area contributed by atoms with Crippen molar-refractivity contribution in [3.63, 3.8) is 0 Å². The van der Waals surface area contributed by atoms with Gasteiger partial charge in [0.2, 0.25) is 0 Å². The number of ether oxygens (including phenoxy) is 2. The van der Waals surface area contributed by atoms with E-state index < -0.39 is 11.9 Å². The fourth-order valence-corrected chi connectivity index (χ4v) is 2.37. The lowest BCUT2D eigenvalue weighted by molar-refractivity contribution is -0.142. The van der Waals surface area contributed by atoms with Crippen LogP contribution >= 0.6 is 11.6 Å². The highest BCUT2D eigenvalue weighted by molar-refractivity contribution is 6.30. The second kappa shape index (κ2) is 9.63. The lowest BCUT2D eigenvalue weighted by Gasteiger charge is -2.08. The van der Waals surface area contributed by atoms with Crippen LogP contribution in [0.5, 0.6) is 5.75 Å². The normalized spacial score (nSPS) is 10.6. The molecule has 0 aromatic heterocycles. The molecule has 2 rings (SSSR count). The predicted octanol–water partition coefficient (Wildman–Crippen LogP) is 4.24. The molecule has 0 fully saturated rings. The Morgan fingerprint density at radius 3 is 2.54 bits per heavy atom. The summed E-state index contributed by atoms with van der Waals surface area (Å²) in [6.45, 7) is 3.97. The van der Waals surface area contributed by atoms with Crippen molar-refractivity contribution < 1.29 is 19.1 Å². The molecule has 1 N–H and O–H groups in total. The quantitative estimate of drug-likeness (QED) is 0.582. The van der Waals surface area contributed by atoms with Gasteiger partial charge in [0.05, 0.1) is 6.61 Å². The summed E-state index contributed by atoms with van der Waals surface area (Å²) in [4.78, 5) is 23.6. The van der Waals surface area contributed by atoms with Crippen LogP contribution in [0.2, 0.25) is 5.02 Å². The van der Waals surface area contributed by atoms with Crippen LogP contribution in [0.15, 0.2) is 48.5 Å². The largest absolute Gasteiger partial charge is 0.494 e. The van der Waals surface area contributed by atoms with Crippen LogP contribution in [0, 0.1) is 6.92 Å². The minimum absolute atomic E-state index is 0.367. The van der Waals surface area contributed by atoms with Crippen molar-refractivity contribution in [2.24, 2.45) is 0 Å². The average molecular weight is 374 g/mol. The Kier molecular flexibility index (Phi) is 7.24. The first-order valence-corrected chi connectivity index (χ1v) is 8.49. The standard InChI is InChI=1S/C20H20ClNO4/c1-3-25-17-8-4-15(5-9-17)6-11-20(24)26-13-19(23)22-18-10-7-16(21)12-14(18)2/h4-12H,3,13H2,1-2H3,(H,22,23)/b11-6+. The van der Waals surface area contributed by atoms with Crippen LogP contribution in [0.25, 0.3) is 6.08 Å². The predicted molar refractivity (Wildman–Crippen MR) is 102 cm³/mol. The van der Waals surface area contributed by atoms with Crippen molar-refractivity contribution in [2.75, 3.05) is 18.5 Å². The summed E-state index contributed by atoms with van der Waals surface area (Å²) in [7, 11) is 0. The number of hydrogen-bond acceptors (Lipinski definition) is 4. The molecular formula is C20H20ClNO4. The molecule has 0 aliphatic rings. The molecule has 136 valence electrons. The first-order chi connectivity index (χ1) is 12.5. The third-order valence-corrected chi connectivity index (χ3v) is 3.65. The molecule has 0 aliphatic carbocycles. The fraction of sp³-hybridized carbons (Fsp3) is 0.200. The van der Waals surface area contributed by atoms with Gasteiger partial charge in [0.15, 0.2) is 6.61 Å². The maximum Gasteiger partial charge on any atom is 0.331 e. The van der Waals surface area contributed by atoms with E-state index in [1.54, 1.807) is 24.3 Å². The van der Waals surface area contributed by atoms with Crippen LogP contribution in [-0.2, 0) is 14.3 Å². The van der Waals surface area contributed by atoms with Gasteiger partial charge in [-0.2, -0.15) is 0 Å². The Hall–Kier alpha value is -2.79. The highest BCUT2D eigenvalue weighted by Crippen LogP contribution is 2.19. The van der Waals surface area contributed by atoms with Gasteiger partial charge in [-0.25, -0.2) is 4.79 Å². The Balaban J connectivity index is 1.81. The van der Waals surface area contributed by atoms with Crippen LogP contribution in [0.1, 0.15) is 18.1 Å². The Bertz CT molecular complexity index is 800. The van der Waals surface area contributed by atoms with Crippen molar-refractivity contribution in [2.45, 2.75) is 13.8 Å². The van der Waals surface area contributed by atoms with Crippen LogP contribution < -0.4 is 10.1 Å². The molecule has 0 heterocycles. The van der Waals surface area contributed by atoms with Crippen LogP contribution in [-0.4, -0.2) is 25.1 Å². The molecule has 26 heavy (non-hydrogen) atoms. The van der Waals surface area contributed by atoms with Crippen LogP contribution in [0.4, 0.5) is 5.69 Å². The number of carbonyl (C=O) groups is 2. The Morgan fingerprint density at radius 1 is 1.15 bits per heavy atom. The van der Waals surface area contributed by atoms with E-state index in [2.05, 4.69) is 5.32 Å². The number of aryl methyl sites for hydroxylation is 1. The van der Waals surface area contributed by atoms with Gasteiger partial charge >= 0.3 is 5.97 Å². The number of carbonyl (C=O) groups excluding carboxylic acids is 2. The summed E-state index contributed by atoms with van der Waals surface area (Å²) in [5, 5.41) is 3.26. The number of nitrogens with one attached hydrogen (secondary N) is 1. The van der Waals surface area contributed by atoms with E-state index in [0.29, 0.717) is 17.3 Å². The smallest absolute Gasteiger partial charge is 0.331 e. The van der Waals surface area contributed by atoms with Gasteiger partial charge in [-0.05, 0) is 61.4 Å². The molecule has 2 aromatic rings. The monoisotopic (exact) mass is 373 g/mol. The number of benzene rings is 2. The van der Waals surface area contributed by atoms with Gasteiger partial charge in [0.1, 0.15) is 5.75 Å². The zero-order valence-electron chi connectivity index (χ0n) is 14.6. The second-order valence-corrected chi connectivity index (χ2v) is 5.89. The van der Waals surface area contributed by atoms with E-state index in [9.17, 15) is 9.59 Å². The molecule has 0 bridgehead atoms. The topological polar surface area (TPSA) is 64.6 Å². The summed E-state index contributed by atoms with van der Waals surface area (Å²) in [5.41, 5.74) is 2.28. The van der Waals surface area contributed by atoms with Crippen molar-refractivity contribution in [1.29, 1.82) is 0 Å². The van der Waals surface area contributed by atoms with E-state index in [1.165, 1.54) is 6.08 Å². The SMILES string of the molecule is CCOc1ccc(/C=C/C(=O)OCC(=O)Nc2ccc(Cl)cc2C)cc1. The zero-order chi connectivity index (χ0) is 18.9. The van der Waals surface area contributed by atoms with Crippen molar-refractivity contribution in [3.05, 3.63) is 64.7 Å². The van der Waals surface area contributed by atoms with Gasteiger partial charge in [-0.1, -0.05) is 23.7 Å². The van der Waals surface area contributed by atoms with Gasteiger partial charge in [0.25, 0.3) is 5.91 Å². The van der Waals surface area contributed by atoms with E-state index in [0.717, 1.165) is 16.9 Å². The summed E-state index contributed by atoms with van der Waals surface area (Å²) in [6.07, 6.45) is 2.88. The number of rotatable bonds is 7. The van der Waals surface area contributed by atoms with E-state index >= 15 is 0 Å². The Labute approximate surface area is 157 Å². The first kappa shape index (κ1) is 19.5. The summed E-state index contributed by atoms with van der Waals surface area (Å²) in [5.74, 6) is -0.249. The number of esters is 1. The third-order valence-electron chi connectivity index (χ3n) is 3.41. The van der Waals surface area contributed by atoms with Gasteiger partial charge < -0.3 is 14.8 Å². The minimum atomic E-state index is -0.595. The lowest BCUT2D eigenvalue weighted by atomic mass is 10.2. The van der Waals surface area contributed by atoms with E-state index in [1.807, 2.05) is 38.1 Å². The molecule has 0 aliphatic heterocycles. The molecule has 0 saturated carbocycles. The summed E-state index contributed by atoms with van der Waals surface area (Å²) in [6, 6.07) is 12.4. The second-order valence-electron chi connectivity index (χ2n) is 5.45. The maximum absolute atomic E-state index is 11.9. The number of hydrogen-bond donors (Lipinski definition) is 1. The molecule has 2 aromatic carbocycles. The molecule has 5 nitrogen and oxygen atoms in total. The average Bonchev–Trinajstić information content (AvgIpc) is 2.62. The first-order valence-electron chi connectivity index (χ1n) is 8.11. The van der Waals surface area contributed by atoms with E-state index in [-0.39, 0.29) is 6.61 Å². The molecule has 0 radical (unpaired) electrons. The molecule has 0 atom stereocenters. The molecular weight excluding hydrogens is 354 g/mol. The van der Waals surface area contributed by atoms with Gasteiger partial charge in [-0.3, -0.25) is 4.79 Å². The lowest BCUT2D eigenvalue weighted by Crippen LogP contribution is -2.20. The minimum Gasteiger partial charge on any atom is -0.494 e. The van der Waals surface area contributed by atoms with E-state index in [4.69, 9.17) is 21.1 Å². The number of halogens is 1. The molecule has 0 unspecified atom stereocenters. The van der Waals surface area contributed by atoms with Crippen molar-refractivity contribution >= 4 is 35.2 Å². The van der Waals surface area contributed by atoms with Gasteiger partial charge in [-0.15, -0.1) is 0 Å². The molecule has 1 amide bonds. The van der Waals surface area contributed by atoms with Crippen molar-refractivity contribution in [1.82, 2.24) is 0 Å². The highest BCUT2D eigenvalue weighted by atomic mass is 35.5. The molecule has 0 saturated heterocycles. The zero-order valence-corrected chi connectivity index (χ0v) is 15.4. The highest BCUT2D eigenvalue weighted by Gasteiger charge is 2.07. The van der Waals surface area contributed by atoms with Crippen molar-refractivity contribution in [3.8, 4) is 5.75 Å². The molecule has 6 heteroatoms. The summed E-state index contributed by atoms with van der Waals surface area (Å²) >= 11 is 5.87. The number of amides is 1. The molecule has 0 spiro atoms. The van der Waals surface area contributed by atoms with Crippen LogP contribution in [0.3, 0.4) is 0 Å². The maximum atomic E-state index is 11.9. The third kappa shape index (κ3) is 6.26.